The molecule has 1 N–H and O–H groups in total. The van der Waals surface area contributed by atoms with Gasteiger partial charge in [-0.05, 0) is 92.6 Å². The van der Waals surface area contributed by atoms with Gasteiger partial charge in [-0.3, -0.25) is 9.97 Å². The fourth-order valence-electron chi connectivity index (χ4n) is 4.65. The molecule has 1 aliphatic rings. The number of nitrogens with zero attached hydrogens (tertiary/aromatic N) is 4. The summed E-state index contributed by atoms with van der Waals surface area (Å²) >= 11 is 5.90. The van der Waals surface area contributed by atoms with Crippen LogP contribution in [0.5, 0.6) is 0 Å². The molecule has 0 aliphatic carbocycles. The third-order valence-electron chi connectivity index (χ3n) is 5.90. The van der Waals surface area contributed by atoms with Crippen molar-refractivity contribution in [2.24, 2.45) is 0 Å². The largest absolute Gasteiger partial charge is 0.351 e. The fourth-order valence-corrected chi connectivity index (χ4v) is 5.00. The van der Waals surface area contributed by atoms with Gasteiger partial charge >= 0.3 is 0 Å². The van der Waals surface area contributed by atoms with Crippen molar-refractivity contribution in [1.82, 2.24) is 19.9 Å². The van der Waals surface area contributed by atoms with E-state index in [-0.39, 0.29) is 12.1 Å². The average molecular weight is 440 g/mol. The van der Waals surface area contributed by atoms with Crippen LogP contribution >= 0.6 is 12.2 Å². The molecule has 1 aliphatic heterocycles. The molecule has 0 amide bonds. The molecule has 1 saturated heterocycles. The molecule has 1 fully saturated rings. The molecular weight excluding hydrogens is 414 g/mol. The van der Waals surface area contributed by atoms with E-state index in [1.165, 1.54) is 11.1 Å². The van der Waals surface area contributed by atoms with Gasteiger partial charge in [0.25, 0.3) is 0 Å². The number of pyridine rings is 2. The lowest BCUT2D eigenvalue weighted by Gasteiger charge is -2.29. The molecule has 2 atom stereocenters. The van der Waals surface area contributed by atoms with Gasteiger partial charge in [0.2, 0.25) is 0 Å². The molecule has 32 heavy (non-hydrogen) atoms. The first-order valence-electron chi connectivity index (χ1n) is 10.7. The predicted octanol–water partition coefficient (Wildman–Crippen LogP) is 5.37. The van der Waals surface area contributed by atoms with Gasteiger partial charge in [-0.1, -0.05) is 12.1 Å². The molecule has 3 aromatic heterocycles. The van der Waals surface area contributed by atoms with Crippen LogP contribution in [0.2, 0.25) is 0 Å². The van der Waals surface area contributed by atoms with Crippen LogP contribution in [0.25, 0.3) is 5.69 Å². The number of benzene rings is 1. The molecule has 160 valence electrons. The number of anilines is 1. The van der Waals surface area contributed by atoms with E-state index in [0.717, 1.165) is 28.5 Å². The van der Waals surface area contributed by atoms with E-state index in [2.05, 4.69) is 88.0 Å². The number of nitrogens with one attached hydrogen (secondary N) is 1. The zero-order valence-corrected chi connectivity index (χ0v) is 19.2. The summed E-state index contributed by atoms with van der Waals surface area (Å²) in [7, 11) is 0. The van der Waals surface area contributed by atoms with Crippen LogP contribution in [0.3, 0.4) is 0 Å². The summed E-state index contributed by atoms with van der Waals surface area (Å²) in [5.74, 6) is 0. The number of hydrogen-bond donors (Lipinski definition) is 1. The lowest BCUT2D eigenvalue weighted by Crippen LogP contribution is -2.30. The Balaban J connectivity index is 1.72. The smallest absolute Gasteiger partial charge is 0.174 e. The van der Waals surface area contributed by atoms with Crippen molar-refractivity contribution in [3.8, 4) is 5.69 Å². The standard InChI is InChI=1S/C26H25N5S/c1-17-13-18(2)15-21(14-17)31-25(24(29-26(31)32)22-8-4-5-12-28-22)23-10-9-19(3)30(23)20-7-6-11-27-16-20/h4-16,24-25H,1-3H3,(H,29,32)/t24-,25-/m0/s1. The molecule has 5 rings (SSSR count). The average Bonchev–Trinajstić information content (AvgIpc) is 3.33. The Morgan fingerprint density at radius 1 is 0.875 bits per heavy atom. The number of aryl methyl sites for hydroxylation is 3. The van der Waals surface area contributed by atoms with Gasteiger partial charge in [0.15, 0.2) is 5.11 Å². The van der Waals surface area contributed by atoms with Crippen LogP contribution in [0, 0.1) is 20.8 Å². The van der Waals surface area contributed by atoms with Gasteiger partial charge in [-0.15, -0.1) is 0 Å². The van der Waals surface area contributed by atoms with E-state index >= 15 is 0 Å². The molecule has 0 spiro atoms. The van der Waals surface area contributed by atoms with Gasteiger partial charge in [-0.25, -0.2) is 0 Å². The summed E-state index contributed by atoms with van der Waals surface area (Å²) < 4.78 is 2.26. The monoisotopic (exact) mass is 439 g/mol. The Kier molecular flexibility index (Phi) is 5.23. The molecule has 1 aromatic carbocycles. The van der Waals surface area contributed by atoms with Crippen LogP contribution in [0.1, 0.15) is 40.3 Å². The second kappa shape index (κ2) is 8.20. The number of aromatic nitrogens is 3. The first-order chi connectivity index (χ1) is 15.5. The van der Waals surface area contributed by atoms with Crippen LogP contribution in [0.4, 0.5) is 5.69 Å². The number of hydrogen-bond acceptors (Lipinski definition) is 3. The molecule has 5 nitrogen and oxygen atoms in total. The summed E-state index contributed by atoms with van der Waals surface area (Å²) in [4.78, 5) is 11.3. The highest BCUT2D eigenvalue weighted by atomic mass is 32.1. The van der Waals surface area contributed by atoms with Crippen molar-refractivity contribution in [3.05, 3.63) is 107 Å². The summed E-state index contributed by atoms with van der Waals surface area (Å²) in [6.07, 6.45) is 5.53. The summed E-state index contributed by atoms with van der Waals surface area (Å²) in [5, 5.41) is 4.26. The second-order valence-electron chi connectivity index (χ2n) is 8.29. The first-order valence-corrected chi connectivity index (χ1v) is 11.1. The third-order valence-corrected chi connectivity index (χ3v) is 6.21. The van der Waals surface area contributed by atoms with E-state index in [4.69, 9.17) is 12.2 Å². The Bertz CT molecular complexity index is 1250. The summed E-state index contributed by atoms with van der Waals surface area (Å²) in [6, 6.07) is 20.8. The van der Waals surface area contributed by atoms with Gasteiger partial charge in [0.05, 0.1) is 23.6 Å². The van der Waals surface area contributed by atoms with Gasteiger partial charge < -0.3 is 14.8 Å². The fraction of sp³-hybridized carbons (Fsp3) is 0.192. The van der Waals surface area contributed by atoms with Crippen LogP contribution in [-0.2, 0) is 0 Å². The van der Waals surface area contributed by atoms with E-state index in [1.54, 1.807) is 6.20 Å². The van der Waals surface area contributed by atoms with Crippen LogP contribution < -0.4 is 10.2 Å². The zero-order valence-electron chi connectivity index (χ0n) is 18.4. The van der Waals surface area contributed by atoms with Gasteiger partial charge in [0, 0.05) is 29.5 Å². The van der Waals surface area contributed by atoms with Crippen molar-refractivity contribution in [3.63, 3.8) is 0 Å². The van der Waals surface area contributed by atoms with E-state index in [0.29, 0.717) is 5.11 Å². The highest BCUT2D eigenvalue weighted by molar-refractivity contribution is 7.80. The topological polar surface area (TPSA) is 46.0 Å². The maximum Gasteiger partial charge on any atom is 0.174 e. The normalized spacial score (nSPS) is 18.1. The van der Waals surface area contributed by atoms with Crippen molar-refractivity contribution < 1.29 is 0 Å². The quantitative estimate of drug-likeness (QED) is 0.433. The van der Waals surface area contributed by atoms with E-state index < -0.39 is 0 Å². The van der Waals surface area contributed by atoms with Crippen molar-refractivity contribution in [2.45, 2.75) is 32.9 Å². The van der Waals surface area contributed by atoms with E-state index in [9.17, 15) is 0 Å². The third kappa shape index (κ3) is 3.56. The number of rotatable bonds is 4. The SMILES string of the molecule is Cc1cc(C)cc(N2C(=S)N[C@@H](c3ccccn3)[C@@H]2c2ccc(C)n2-c2cccnc2)c1. The Morgan fingerprint density at radius 3 is 2.38 bits per heavy atom. The molecule has 0 radical (unpaired) electrons. The molecule has 4 aromatic rings. The molecular formula is C26H25N5S. The predicted molar refractivity (Wildman–Crippen MR) is 132 cm³/mol. The van der Waals surface area contributed by atoms with Gasteiger partial charge in [0.1, 0.15) is 6.04 Å². The minimum absolute atomic E-state index is 0.0764. The Hall–Kier alpha value is -3.51. The summed E-state index contributed by atoms with van der Waals surface area (Å²) in [6.45, 7) is 6.36. The lowest BCUT2D eigenvalue weighted by atomic mass is 10.00. The minimum Gasteiger partial charge on any atom is -0.351 e. The molecule has 0 unspecified atom stereocenters. The Morgan fingerprint density at radius 2 is 1.69 bits per heavy atom. The summed E-state index contributed by atoms with van der Waals surface area (Å²) in [5.41, 5.74) is 7.78. The number of thiocarbonyl (C=S) groups is 1. The molecule has 4 heterocycles. The van der Waals surface area contributed by atoms with E-state index in [1.807, 2.05) is 30.6 Å². The molecule has 6 heteroatoms. The Labute approximate surface area is 193 Å². The second-order valence-corrected chi connectivity index (χ2v) is 8.68. The maximum atomic E-state index is 5.90. The minimum atomic E-state index is -0.0887. The molecule has 0 bridgehead atoms. The zero-order chi connectivity index (χ0) is 22.2. The maximum absolute atomic E-state index is 5.90. The highest BCUT2D eigenvalue weighted by Crippen LogP contribution is 2.43. The van der Waals surface area contributed by atoms with Crippen molar-refractivity contribution in [2.75, 3.05) is 4.90 Å². The van der Waals surface area contributed by atoms with Crippen LogP contribution in [0.15, 0.2) is 79.3 Å². The molecule has 0 saturated carbocycles. The highest BCUT2D eigenvalue weighted by Gasteiger charge is 2.42. The van der Waals surface area contributed by atoms with Crippen LogP contribution in [-0.4, -0.2) is 19.6 Å². The van der Waals surface area contributed by atoms with Gasteiger partial charge in [-0.2, -0.15) is 0 Å². The lowest BCUT2D eigenvalue weighted by molar-refractivity contribution is 0.548. The van der Waals surface area contributed by atoms with Crippen molar-refractivity contribution in [1.29, 1.82) is 0 Å². The first kappa shape index (κ1) is 20.4. The van der Waals surface area contributed by atoms with Crippen molar-refractivity contribution >= 4 is 23.0 Å².